The average Bonchev–Trinajstić information content (AvgIpc) is 3.12. The monoisotopic (exact) mass is 497 g/mol. The van der Waals surface area contributed by atoms with Crippen LogP contribution in [0.3, 0.4) is 0 Å². The zero-order valence-corrected chi connectivity index (χ0v) is 17.7. The highest BCUT2D eigenvalue weighted by molar-refractivity contribution is 14.0. The normalized spacial score (nSPS) is 11.0. The maximum atomic E-state index is 13.7. The van der Waals surface area contributed by atoms with Gasteiger partial charge in [-0.05, 0) is 23.8 Å². The van der Waals surface area contributed by atoms with Crippen molar-refractivity contribution in [3.63, 3.8) is 0 Å². The van der Waals surface area contributed by atoms with Gasteiger partial charge in [0, 0.05) is 38.1 Å². The van der Waals surface area contributed by atoms with Crippen molar-refractivity contribution in [2.75, 3.05) is 7.05 Å². The second-order valence-electron chi connectivity index (χ2n) is 5.97. The Kier molecular flexibility index (Phi) is 8.37. The largest absolute Gasteiger partial charge is 0.352 e. The van der Waals surface area contributed by atoms with Crippen LogP contribution in [0.4, 0.5) is 8.78 Å². The molecule has 0 amide bonds. The third-order valence-corrected chi connectivity index (χ3v) is 4.09. The molecule has 2 aromatic carbocycles. The molecule has 0 bridgehead atoms. The predicted octanol–water partition coefficient (Wildman–Crippen LogP) is 3.69. The smallest absolute Gasteiger partial charge is 0.191 e. The van der Waals surface area contributed by atoms with Crippen molar-refractivity contribution in [3.8, 4) is 0 Å². The van der Waals surface area contributed by atoms with Crippen LogP contribution in [0, 0.1) is 11.6 Å². The molecule has 0 saturated heterocycles. The third-order valence-electron chi connectivity index (χ3n) is 4.09. The fraction of sp³-hybridized carbons (Fsp3) is 0.200. The summed E-state index contributed by atoms with van der Waals surface area (Å²) < 4.78 is 29.0. The first-order valence-electron chi connectivity index (χ1n) is 8.58. The molecular weight excluding hydrogens is 475 g/mol. The molecule has 0 unspecified atom stereocenters. The second-order valence-corrected chi connectivity index (χ2v) is 5.97. The van der Waals surface area contributed by atoms with Gasteiger partial charge in [-0.1, -0.05) is 30.3 Å². The summed E-state index contributed by atoms with van der Waals surface area (Å²) in [5.41, 5.74) is 1.42. The van der Waals surface area contributed by atoms with Crippen molar-refractivity contribution < 1.29 is 8.78 Å². The van der Waals surface area contributed by atoms with E-state index in [-0.39, 0.29) is 36.1 Å². The predicted molar refractivity (Wildman–Crippen MR) is 117 cm³/mol. The van der Waals surface area contributed by atoms with Gasteiger partial charge >= 0.3 is 0 Å². The van der Waals surface area contributed by atoms with E-state index in [0.29, 0.717) is 12.5 Å². The first kappa shape index (κ1) is 21.8. The highest BCUT2D eigenvalue weighted by Gasteiger charge is 2.07. The Morgan fingerprint density at radius 3 is 2.57 bits per heavy atom. The Balaban J connectivity index is 0.00000280. The van der Waals surface area contributed by atoms with E-state index in [1.54, 1.807) is 13.2 Å². The first-order chi connectivity index (χ1) is 13.2. The van der Waals surface area contributed by atoms with E-state index in [9.17, 15) is 8.78 Å². The van der Waals surface area contributed by atoms with Crippen LogP contribution in [0.25, 0.3) is 0 Å². The number of rotatable bonds is 6. The number of halogens is 3. The molecule has 8 heteroatoms. The number of aromatic nitrogens is 2. The van der Waals surface area contributed by atoms with Crippen LogP contribution >= 0.6 is 24.0 Å². The zero-order valence-electron chi connectivity index (χ0n) is 15.4. The van der Waals surface area contributed by atoms with Crippen molar-refractivity contribution in [1.82, 2.24) is 20.2 Å². The third kappa shape index (κ3) is 6.01. The average molecular weight is 497 g/mol. The minimum absolute atomic E-state index is 0. The van der Waals surface area contributed by atoms with E-state index in [4.69, 9.17) is 0 Å². The number of benzene rings is 2. The summed E-state index contributed by atoms with van der Waals surface area (Å²) in [6, 6.07) is 13.5. The minimum Gasteiger partial charge on any atom is -0.352 e. The van der Waals surface area contributed by atoms with E-state index >= 15 is 0 Å². The summed E-state index contributed by atoms with van der Waals surface area (Å²) >= 11 is 0. The summed E-state index contributed by atoms with van der Waals surface area (Å²) in [6.07, 6.45) is 3.67. The number of nitrogens with zero attached hydrogens (tertiary/aromatic N) is 3. The van der Waals surface area contributed by atoms with Gasteiger partial charge in [0.25, 0.3) is 0 Å². The lowest BCUT2D eigenvalue weighted by Crippen LogP contribution is -2.37. The molecule has 5 nitrogen and oxygen atoms in total. The highest BCUT2D eigenvalue weighted by atomic mass is 127. The molecule has 1 heterocycles. The Labute approximate surface area is 179 Å². The fourth-order valence-electron chi connectivity index (χ4n) is 2.67. The topological polar surface area (TPSA) is 54.2 Å². The van der Waals surface area contributed by atoms with Crippen molar-refractivity contribution in [2.45, 2.75) is 19.6 Å². The van der Waals surface area contributed by atoms with Gasteiger partial charge in [-0.15, -0.1) is 24.0 Å². The van der Waals surface area contributed by atoms with Crippen LogP contribution in [-0.4, -0.2) is 22.6 Å². The first-order valence-corrected chi connectivity index (χ1v) is 8.58. The molecule has 2 N–H and O–H groups in total. The fourth-order valence-corrected chi connectivity index (χ4v) is 2.67. The van der Waals surface area contributed by atoms with Gasteiger partial charge in [0.15, 0.2) is 5.96 Å². The summed E-state index contributed by atoms with van der Waals surface area (Å²) in [4.78, 5) is 8.48. The number of hydrogen-bond acceptors (Lipinski definition) is 2. The Bertz CT molecular complexity index is 912. The molecular formula is C20H22F2IN5. The SMILES string of the molecule is CN=C(NCc1cc(F)ccc1F)NCc1nccn1Cc1ccccc1.I. The van der Waals surface area contributed by atoms with E-state index in [0.717, 1.165) is 24.5 Å². The Morgan fingerprint density at radius 2 is 1.82 bits per heavy atom. The number of aliphatic imine (C=N–C) groups is 1. The lowest BCUT2D eigenvalue weighted by Gasteiger charge is -2.13. The maximum Gasteiger partial charge on any atom is 0.191 e. The zero-order chi connectivity index (χ0) is 19.1. The molecule has 148 valence electrons. The van der Waals surface area contributed by atoms with Gasteiger partial charge in [-0.2, -0.15) is 0 Å². The highest BCUT2D eigenvalue weighted by Crippen LogP contribution is 2.09. The van der Waals surface area contributed by atoms with Crippen LogP contribution in [0.1, 0.15) is 17.0 Å². The van der Waals surface area contributed by atoms with Crippen LogP contribution in [0.2, 0.25) is 0 Å². The molecule has 3 aromatic rings. The van der Waals surface area contributed by atoms with Crippen LogP contribution in [0.15, 0.2) is 65.9 Å². The van der Waals surface area contributed by atoms with Gasteiger partial charge < -0.3 is 15.2 Å². The summed E-state index contributed by atoms with van der Waals surface area (Å²) in [6.45, 7) is 1.30. The molecule has 0 fully saturated rings. The molecule has 0 radical (unpaired) electrons. The number of hydrogen-bond donors (Lipinski definition) is 2. The number of guanidine groups is 1. The minimum atomic E-state index is -0.473. The van der Waals surface area contributed by atoms with Gasteiger partial charge in [0.1, 0.15) is 17.5 Å². The van der Waals surface area contributed by atoms with Gasteiger partial charge in [0.2, 0.25) is 0 Å². The molecule has 0 spiro atoms. The van der Waals surface area contributed by atoms with E-state index in [2.05, 4.69) is 32.7 Å². The molecule has 0 aliphatic heterocycles. The van der Waals surface area contributed by atoms with Crippen LogP contribution in [0.5, 0.6) is 0 Å². The summed E-state index contributed by atoms with van der Waals surface area (Å²) in [7, 11) is 1.62. The molecule has 0 saturated carbocycles. The molecule has 0 aliphatic carbocycles. The summed E-state index contributed by atoms with van der Waals surface area (Å²) in [5, 5.41) is 6.12. The van der Waals surface area contributed by atoms with Crippen LogP contribution < -0.4 is 10.6 Å². The Hall–Kier alpha value is -2.49. The molecule has 0 atom stereocenters. The molecule has 3 rings (SSSR count). The van der Waals surface area contributed by atoms with E-state index in [1.807, 2.05) is 29.0 Å². The van der Waals surface area contributed by atoms with Crippen LogP contribution in [-0.2, 0) is 19.6 Å². The van der Waals surface area contributed by atoms with Crippen molar-refractivity contribution in [1.29, 1.82) is 0 Å². The lowest BCUT2D eigenvalue weighted by molar-refractivity contribution is 0.580. The van der Waals surface area contributed by atoms with Crippen molar-refractivity contribution >= 4 is 29.9 Å². The van der Waals surface area contributed by atoms with Crippen molar-refractivity contribution in [3.05, 3.63) is 89.5 Å². The van der Waals surface area contributed by atoms with E-state index in [1.165, 1.54) is 11.6 Å². The number of nitrogens with one attached hydrogen (secondary N) is 2. The van der Waals surface area contributed by atoms with E-state index < -0.39 is 11.6 Å². The standard InChI is InChI=1S/C20H21F2N5.HI/c1-23-20(25-12-16-11-17(21)7-8-18(16)22)26-13-19-24-9-10-27(19)14-15-5-3-2-4-6-15;/h2-11H,12-14H2,1H3,(H2,23,25,26);1H. The maximum absolute atomic E-state index is 13.7. The van der Waals surface area contributed by atoms with Crippen molar-refractivity contribution in [2.24, 2.45) is 4.99 Å². The molecule has 1 aromatic heterocycles. The Morgan fingerprint density at radius 1 is 1.07 bits per heavy atom. The second kappa shape index (κ2) is 10.7. The molecule has 0 aliphatic rings. The number of imidazole rings is 1. The lowest BCUT2D eigenvalue weighted by atomic mass is 10.2. The quantitative estimate of drug-likeness (QED) is 0.311. The van der Waals surface area contributed by atoms with Gasteiger partial charge in [0.05, 0.1) is 6.54 Å². The van der Waals surface area contributed by atoms with Gasteiger partial charge in [-0.3, -0.25) is 4.99 Å². The summed E-state index contributed by atoms with van der Waals surface area (Å²) in [5.74, 6) is 0.392. The molecule has 28 heavy (non-hydrogen) atoms. The van der Waals surface area contributed by atoms with Gasteiger partial charge in [-0.25, -0.2) is 13.8 Å².